The van der Waals surface area contributed by atoms with Crippen LogP contribution in [-0.4, -0.2) is 45.7 Å². The van der Waals surface area contributed by atoms with Gasteiger partial charge in [-0.15, -0.1) is 11.3 Å². The van der Waals surface area contributed by atoms with Gasteiger partial charge in [0.15, 0.2) is 0 Å². The van der Waals surface area contributed by atoms with E-state index in [9.17, 15) is 5.11 Å². The van der Waals surface area contributed by atoms with E-state index in [0.29, 0.717) is 18.3 Å². The first-order valence-corrected chi connectivity index (χ1v) is 12.1. The van der Waals surface area contributed by atoms with Crippen molar-refractivity contribution in [2.45, 2.75) is 44.8 Å². The van der Waals surface area contributed by atoms with Gasteiger partial charge in [0.05, 0.1) is 15.6 Å². The summed E-state index contributed by atoms with van der Waals surface area (Å²) in [6, 6.07) is 9.99. The first-order valence-electron chi connectivity index (χ1n) is 11.3. The number of pyridine rings is 1. The van der Waals surface area contributed by atoms with E-state index in [1.54, 1.807) is 25.2 Å². The van der Waals surface area contributed by atoms with Crippen LogP contribution >= 0.6 is 11.3 Å². The second-order valence-electron chi connectivity index (χ2n) is 9.16. The highest BCUT2D eigenvalue weighted by Crippen LogP contribution is 2.35. The van der Waals surface area contributed by atoms with E-state index in [0.717, 1.165) is 53.2 Å². The molecule has 0 aliphatic carbocycles. The van der Waals surface area contributed by atoms with Crippen LogP contribution in [0.1, 0.15) is 48.7 Å². The molecule has 33 heavy (non-hydrogen) atoms. The normalized spacial score (nSPS) is 15.2. The Labute approximate surface area is 199 Å². The zero-order valence-corrected chi connectivity index (χ0v) is 20.2. The van der Waals surface area contributed by atoms with Gasteiger partial charge in [0.25, 0.3) is 0 Å². The molecule has 0 radical (unpaired) electrons. The monoisotopic (exact) mass is 461 g/mol. The minimum Gasteiger partial charge on any atom is -0.382 e. The zero-order valence-electron chi connectivity index (χ0n) is 19.4. The molecule has 1 saturated heterocycles. The lowest BCUT2D eigenvalue weighted by Gasteiger charge is -2.27. The lowest BCUT2D eigenvalue weighted by atomic mass is 9.98. The third kappa shape index (κ3) is 6.32. The topological polar surface area (TPSA) is 87.3 Å². The van der Waals surface area contributed by atoms with Crippen molar-refractivity contribution < 1.29 is 5.11 Å². The summed E-state index contributed by atoms with van der Waals surface area (Å²) >= 11 is 1.76. The number of aliphatic hydroxyl groups is 1. The fourth-order valence-electron chi connectivity index (χ4n) is 3.80. The highest BCUT2D eigenvalue weighted by atomic mass is 32.1. The summed E-state index contributed by atoms with van der Waals surface area (Å²) in [7, 11) is 2.18. The highest BCUT2D eigenvalue weighted by molar-refractivity contribution is 7.15. The van der Waals surface area contributed by atoms with Gasteiger partial charge in [0.2, 0.25) is 0 Å². The van der Waals surface area contributed by atoms with E-state index in [1.807, 2.05) is 42.7 Å². The van der Waals surface area contributed by atoms with Gasteiger partial charge < -0.3 is 21.1 Å². The van der Waals surface area contributed by atoms with Gasteiger partial charge in [-0.2, -0.15) is 0 Å². The van der Waals surface area contributed by atoms with Gasteiger partial charge in [-0.05, 0) is 70.6 Å². The number of hydrogen-bond donors (Lipinski definition) is 3. The van der Waals surface area contributed by atoms with Crippen molar-refractivity contribution in [2.24, 2.45) is 0 Å². The molecule has 0 amide bonds. The van der Waals surface area contributed by atoms with Crippen molar-refractivity contribution in [3.05, 3.63) is 58.9 Å². The smallest absolute Gasteiger partial charge is 0.146 e. The maximum Gasteiger partial charge on any atom is 0.146 e. The van der Waals surface area contributed by atoms with Crippen molar-refractivity contribution >= 4 is 22.8 Å². The van der Waals surface area contributed by atoms with Crippen LogP contribution < -0.4 is 11.1 Å². The van der Waals surface area contributed by atoms with Crippen molar-refractivity contribution in [3.8, 4) is 22.3 Å². The van der Waals surface area contributed by atoms with Crippen molar-refractivity contribution in [3.63, 3.8) is 0 Å². The molecule has 6 nitrogen and oxygen atoms in total. The lowest BCUT2D eigenvalue weighted by molar-refractivity contribution is 0.143. The van der Waals surface area contributed by atoms with Crippen molar-refractivity contribution in [1.29, 1.82) is 0 Å². The number of nitrogens with zero attached hydrogens (tertiary/aromatic N) is 3. The molecule has 1 aromatic carbocycles. The number of nitrogens with one attached hydrogen (secondary N) is 1. The number of nitrogens with two attached hydrogens (primary N) is 1. The zero-order chi connectivity index (χ0) is 23.4. The second kappa shape index (κ2) is 9.92. The molecule has 1 aliphatic rings. The van der Waals surface area contributed by atoms with Gasteiger partial charge in [0.1, 0.15) is 11.4 Å². The first kappa shape index (κ1) is 23.2. The Bertz CT molecular complexity index is 1160. The van der Waals surface area contributed by atoms with Crippen LogP contribution in [0, 0.1) is 11.8 Å². The number of hydrogen-bond acceptors (Lipinski definition) is 7. The second-order valence-corrected chi connectivity index (χ2v) is 10.2. The average molecular weight is 462 g/mol. The lowest BCUT2D eigenvalue weighted by Crippen LogP contribution is -2.29. The number of nitrogen functional groups attached to an aromatic ring is 1. The molecule has 0 bridgehead atoms. The number of likely N-dealkylation sites (tertiary alicyclic amines) is 1. The summed E-state index contributed by atoms with van der Waals surface area (Å²) in [5.41, 5.74) is 8.90. The van der Waals surface area contributed by atoms with Crippen LogP contribution in [0.4, 0.5) is 11.5 Å². The molecule has 1 fully saturated rings. The molecular formula is C26H31N5OS. The number of rotatable bonds is 5. The number of piperidine rings is 1. The molecule has 1 aliphatic heterocycles. The van der Waals surface area contributed by atoms with E-state index in [-0.39, 0.29) is 0 Å². The molecule has 2 aromatic heterocycles. The maximum absolute atomic E-state index is 9.82. The molecule has 3 aromatic rings. The van der Waals surface area contributed by atoms with Gasteiger partial charge in [-0.25, -0.2) is 9.97 Å². The molecule has 172 valence electrons. The van der Waals surface area contributed by atoms with E-state index < -0.39 is 5.60 Å². The van der Waals surface area contributed by atoms with Crippen LogP contribution in [0.3, 0.4) is 0 Å². The van der Waals surface area contributed by atoms with Crippen LogP contribution in [0.15, 0.2) is 42.7 Å². The van der Waals surface area contributed by atoms with E-state index in [1.165, 1.54) is 5.01 Å². The summed E-state index contributed by atoms with van der Waals surface area (Å²) < 4.78 is 0. The first-order chi connectivity index (χ1) is 15.8. The molecular weight excluding hydrogens is 430 g/mol. The van der Waals surface area contributed by atoms with Crippen molar-refractivity contribution in [2.75, 3.05) is 31.2 Å². The quantitative estimate of drug-likeness (QED) is 0.490. The largest absolute Gasteiger partial charge is 0.382 e. The van der Waals surface area contributed by atoms with Gasteiger partial charge in [-0.1, -0.05) is 24.0 Å². The molecule has 0 spiro atoms. The summed E-state index contributed by atoms with van der Waals surface area (Å²) in [4.78, 5) is 12.6. The Balaban J connectivity index is 1.46. The Morgan fingerprint density at radius 3 is 2.76 bits per heavy atom. The standard InChI is InChI=1S/C26H31N5OS/c1-26(2,32)10-7-18-5-4-6-19(13-18)15-28-22-14-21(16-29-24(22)27)23-17-30-25(33-23)20-8-11-31(3)12-9-20/h4-6,13-14,16-17,20,28,32H,8-9,11-12,15H2,1-3H3,(H2,27,29). The molecule has 3 heterocycles. The predicted molar refractivity (Wildman–Crippen MR) is 136 cm³/mol. The van der Waals surface area contributed by atoms with E-state index in [2.05, 4.69) is 34.1 Å². The molecule has 0 atom stereocenters. The Morgan fingerprint density at radius 2 is 2.00 bits per heavy atom. The summed E-state index contributed by atoms with van der Waals surface area (Å²) in [5, 5.41) is 14.4. The Morgan fingerprint density at radius 1 is 1.21 bits per heavy atom. The van der Waals surface area contributed by atoms with Crippen molar-refractivity contribution in [1.82, 2.24) is 14.9 Å². The molecule has 7 heteroatoms. The minimum atomic E-state index is -1.02. The van der Waals surface area contributed by atoms with Crippen LogP contribution in [-0.2, 0) is 6.54 Å². The minimum absolute atomic E-state index is 0.469. The molecule has 4 rings (SSSR count). The predicted octanol–water partition coefficient (Wildman–Crippen LogP) is 4.33. The SMILES string of the molecule is CN1CCC(c2ncc(-c3cnc(N)c(NCc4cccc(C#CC(C)(C)O)c4)c3)s2)CC1. The Kier molecular flexibility index (Phi) is 6.99. The van der Waals surface area contributed by atoms with Crippen LogP contribution in [0.5, 0.6) is 0 Å². The van der Waals surface area contributed by atoms with Crippen LogP contribution in [0.2, 0.25) is 0 Å². The molecule has 4 N–H and O–H groups in total. The third-order valence-electron chi connectivity index (χ3n) is 5.72. The number of anilines is 2. The van der Waals surface area contributed by atoms with Gasteiger partial charge >= 0.3 is 0 Å². The molecule has 0 unspecified atom stereocenters. The maximum atomic E-state index is 9.82. The van der Waals surface area contributed by atoms with E-state index in [4.69, 9.17) is 10.7 Å². The number of thiazole rings is 1. The highest BCUT2D eigenvalue weighted by Gasteiger charge is 2.21. The Hall–Kier alpha value is -2.92. The summed E-state index contributed by atoms with van der Waals surface area (Å²) in [6.07, 6.45) is 6.10. The number of aromatic nitrogens is 2. The van der Waals surface area contributed by atoms with Gasteiger partial charge in [0, 0.05) is 36.0 Å². The third-order valence-corrected chi connectivity index (χ3v) is 6.93. The fraction of sp³-hybridized carbons (Fsp3) is 0.385. The molecule has 0 saturated carbocycles. The number of benzene rings is 1. The summed E-state index contributed by atoms with van der Waals surface area (Å²) in [6.45, 7) is 6.20. The van der Waals surface area contributed by atoms with Gasteiger partial charge in [-0.3, -0.25) is 0 Å². The average Bonchev–Trinajstić information content (AvgIpc) is 3.28. The van der Waals surface area contributed by atoms with E-state index >= 15 is 0 Å². The summed E-state index contributed by atoms with van der Waals surface area (Å²) in [5.74, 6) is 6.89. The fourth-order valence-corrected chi connectivity index (χ4v) is 4.87. The van der Waals surface area contributed by atoms with Crippen LogP contribution in [0.25, 0.3) is 10.4 Å².